The van der Waals surface area contributed by atoms with E-state index in [0.717, 1.165) is 43.9 Å². The van der Waals surface area contributed by atoms with Gasteiger partial charge in [-0.15, -0.1) is 11.3 Å². The number of aromatic nitrogens is 3. The first-order chi connectivity index (χ1) is 12.0. The Morgan fingerprint density at radius 2 is 2.20 bits per heavy atom. The van der Waals surface area contributed by atoms with Gasteiger partial charge in [-0.1, -0.05) is 12.2 Å². The molecule has 5 rings (SSSR count). The van der Waals surface area contributed by atoms with Crippen molar-refractivity contribution < 1.29 is 9.15 Å². The molecule has 7 heteroatoms. The molecule has 0 spiro atoms. The second kappa shape index (κ2) is 5.20. The maximum absolute atomic E-state index is 6.07. The zero-order chi connectivity index (χ0) is 17.2. The lowest BCUT2D eigenvalue weighted by atomic mass is 9.89. The largest absolute Gasteiger partial charge is 0.463 e. The van der Waals surface area contributed by atoms with Crippen LogP contribution in [0.3, 0.4) is 0 Å². The van der Waals surface area contributed by atoms with E-state index in [2.05, 4.69) is 23.8 Å². The van der Waals surface area contributed by atoms with Gasteiger partial charge in [-0.25, -0.2) is 9.97 Å². The van der Waals surface area contributed by atoms with Crippen molar-refractivity contribution in [1.29, 1.82) is 0 Å². The summed E-state index contributed by atoms with van der Waals surface area (Å²) in [4.78, 5) is 13.3. The molecule has 0 radical (unpaired) electrons. The standard InChI is InChI=1S/C18H15N3O2S2/c1-18(2)6-9-10(7-23-18)13(11-4-3-5-22-11)21-17-12(9)14-15(25-17)16(24)20-8-19-14/h3-5,8H,6-7H2,1-2H3,(H,19,20,24). The highest BCUT2D eigenvalue weighted by Gasteiger charge is 2.32. The van der Waals surface area contributed by atoms with Crippen LogP contribution in [-0.2, 0) is 17.8 Å². The molecule has 1 N–H and O–H groups in total. The van der Waals surface area contributed by atoms with E-state index in [1.165, 1.54) is 5.56 Å². The third-order valence-corrected chi connectivity index (χ3v) is 6.13. The number of thiophene rings is 1. The lowest BCUT2D eigenvalue weighted by Crippen LogP contribution is -2.32. The first kappa shape index (κ1) is 15.2. The van der Waals surface area contributed by atoms with Crippen LogP contribution in [0.4, 0.5) is 0 Å². The summed E-state index contributed by atoms with van der Waals surface area (Å²) in [6, 6.07) is 3.82. The highest BCUT2D eigenvalue weighted by molar-refractivity contribution is 7.71. The van der Waals surface area contributed by atoms with Crippen LogP contribution < -0.4 is 0 Å². The van der Waals surface area contributed by atoms with Crippen LogP contribution in [0, 0.1) is 4.64 Å². The van der Waals surface area contributed by atoms with Crippen molar-refractivity contribution in [2.45, 2.75) is 32.5 Å². The van der Waals surface area contributed by atoms with E-state index in [4.69, 9.17) is 26.4 Å². The molecule has 0 aromatic carbocycles. The summed E-state index contributed by atoms with van der Waals surface area (Å²) in [6.45, 7) is 4.75. The van der Waals surface area contributed by atoms with E-state index in [1.54, 1.807) is 23.9 Å². The summed E-state index contributed by atoms with van der Waals surface area (Å²) in [5, 5.41) is 1.13. The Morgan fingerprint density at radius 3 is 3.00 bits per heavy atom. The molecular weight excluding hydrogens is 354 g/mol. The predicted octanol–water partition coefficient (Wildman–Crippen LogP) is 5.01. The van der Waals surface area contributed by atoms with Gasteiger partial charge in [-0.05, 0) is 31.5 Å². The lowest BCUT2D eigenvalue weighted by molar-refractivity contribution is -0.0395. The smallest absolute Gasteiger partial charge is 0.152 e. The molecule has 0 saturated heterocycles. The van der Waals surface area contributed by atoms with Crippen molar-refractivity contribution in [3.05, 3.63) is 40.5 Å². The van der Waals surface area contributed by atoms with E-state index in [9.17, 15) is 0 Å². The fraction of sp³-hybridized carbons (Fsp3) is 0.278. The summed E-state index contributed by atoms with van der Waals surface area (Å²) in [5.74, 6) is 0.764. The molecule has 5 nitrogen and oxygen atoms in total. The van der Waals surface area contributed by atoms with Gasteiger partial charge in [0.15, 0.2) is 5.76 Å². The minimum atomic E-state index is -0.222. The Kier molecular flexibility index (Phi) is 3.16. The number of hydrogen-bond acceptors (Lipinski definition) is 6. The van der Waals surface area contributed by atoms with Gasteiger partial charge in [0.05, 0.1) is 35.0 Å². The molecule has 0 saturated carbocycles. The molecule has 0 fully saturated rings. The van der Waals surface area contributed by atoms with Crippen molar-refractivity contribution in [2.75, 3.05) is 0 Å². The van der Waals surface area contributed by atoms with Gasteiger partial charge < -0.3 is 14.1 Å². The van der Waals surface area contributed by atoms with Gasteiger partial charge in [0.25, 0.3) is 0 Å². The molecular formula is C18H15N3O2S2. The van der Waals surface area contributed by atoms with Crippen molar-refractivity contribution in [2.24, 2.45) is 0 Å². The predicted molar refractivity (Wildman–Crippen MR) is 100 cm³/mol. The minimum absolute atomic E-state index is 0.222. The number of aromatic amines is 1. The first-order valence-electron chi connectivity index (χ1n) is 8.03. The molecule has 0 aliphatic carbocycles. The Labute approximate surface area is 152 Å². The first-order valence-corrected chi connectivity index (χ1v) is 9.25. The Hall–Kier alpha value is -2.09. The second-order valence-electron chi connectivity index (χ2n) is 6.81. The molecule has 4 aromatic heterocycles. The highest BCUT2D eigenvalue weighted by atomic mass is 32.1. The van der Waals surface area contributed by atoms with Gasteiger partial charge in [-0.2, -0.15) is 0 Å². The van der Waals surface area contributed by atoms with Gasteiger partial charge in [-0.3, -0.25) is 0 Å². The number of rotatable bonds is 1. The number of nitrogens with zero attached hydrogens (tertiary/aromatic N) is 2. The third kappa shape index (κ3) is 2.27. The molecule has 0 unspecified atom stereocenters. The van der Waals surface area contributed by atoms with Gasteiger partial charge in [0.1, 0.15) is 15.2 Å². The molecule has 1 aliphatic heterocycles. The highest BCUT2D eigenvalue weighted by Crippen LogP contribution is 2.42. The third-order valence-electron chi connectivity index (χ3n) is 4.60. The van der Waals surface area contributed by atoms with Crippen LogP contribution in [0.5, 0.6) is 0 Å². The summed E-state index contributed by atoms with van der Waals surface area (Å²) in [6.07, 6.45) is 4.14. The maximum Gasteiger partial charge on any atom is 0.152 e. The van der Waals surface area contributed by atoms with E-state index >= 15 is 0 Å². The molecule has 5 heterocycles. The second-order valence-corrected chi connectivity index (χ2v) is 8.20. The average Bonchev–Trinajstić information content (AvgIpc) is 3.21. The number of fused-ring (bicyclic) bond motifs is 5. The number of ether oxygens (including phenoxy) is 1. The number of hydrogen-bond donors (Lipinski definition) is 1. The summed E-state index contributed by atoms with van der Waals surface area (Å²) >= 11 is 7.00. The Bertz CT molecular complexity index is 1170. The molecule has 4 aromatic rings. The molecule has 0 amide bonds. The molecule has 25 heavy (non-hydrogen) atoms. The van der Waals surface area contributed by atoms with Crippen molar-refractivity contribution in [1.82, 2.24) is 15.0 Å². The van der Waals surface area contributed by atoms with Crippen LogP contribution >= 0.6 is 23.6 Å². The summed E-state index contributed by atoms with van der Waals surface area (Å²) in [7, 11) is 0. The normalized spacial score (nSPS) is 16.4. The summed E-state index contributed by atoms with van der Waals surface area (Å²) in [5.41, 5.74) is 4.01. The van der Waals surface area contributed by atoms with Crippen LogP contribution in [-0.4, -0.2) is 20.6 Å². The van der Waals surface area contributed by atoms with Crippen LogP contribution in [0.15, 0.2) is 29.1 Å². The fourth-order valence-electron chi connectivity index (χ4n) is 3.46. The molecule has 0 atom stereocenters. The van der Waals surface area contributed by atoms with E-state index in [-0.39, 0.29) is 5.60 Å². The summed E-state index contributed by atoms with van der Waals surface area (Å²) < 4.78 is 13.3. The van der Waals surface area contributed by atoms with Gasteiger partial charge >= 0.3 is 0 Å². The zero-order valence-electron chi connectivity index (χ0n) is 13.8. The quantitative estimate of drug-likeness (QED) is 0.478. The number of pyridine rings is 1. The zero-order valence-corrected chi connectivity index (χ0v) is 15.4. The van der Waals surface area contributed by atoms with Crippen LogP contribution in [0.1, 0.15) is 25.0 Å². The SMILES string of the molecule is CC1(C)Cc2c(c(-c3ccco3)nc3sc4c(=S)nc[nH]c4c23)CO1. The number of H-pyrrole nitrogens is 1. The van der Waals surface area contributed by atoms with E-state index in [0.29, 0.717) is 11.2 Å². The van der Waals surface area contributed by atoms with E-state index in [1.807, 2.05) is 12.1 Å². The average molecular weight is 369 g/mol. The van der Waals surface area contributed by atoms with Crippen molar-refractivity contribution in [3.63, 3.8) is 0 Å². The number of nitrogens with one attached hydrogen (secondary N) is 1. The molecule has 1 aliphatic rings. The Balaban J connectivity index is 1.95. The fourth-order valence-corrected chi connectivity index (χ4v) is 4.80. The van der Waals surface area contributed by atoms with Crippen molar-refractivity contribution in [3.8, 4) is 11.5 Å². The van der Waals surface area contributed by atoms with Crippen molar-refractivity contribution >= 4 is 44.0 Å². The Morgan fingerprint density at radius 1 is 1.32 bits per heavy atom. The van der Waals surface area contributed by atoms with Gasteiger partial charge in [0.2, 0.25) is 0 Å². The minimum Gasteiger partial charge on any atom is -0.463 e. The van der Waals surface area contributed by atoms with Crippen LogP contribution in [0.25, 0.3) is 31.9 Å². The lowest BCUT2D eigenvalue weighted by Gasteiger charge is -2.32. The van der Waals surface area contributed by atoms with Gasteiger partial charge in [0, 0.05) is 17.4 Å². The topological polar surface area (TPSA) is 63.9 Å². The monoisotopic (exact) mass is 369 g/mol. The van der Waals surface area contributed by atoms with E-state index < -0.39 is 0 Å². The molecule has 126 valence electrons. The van der Waals surface area contributed by atoms with Crippen LogP contribution in [0.2, 0.25) is 0 Å². The molecule has 0 bridgehead atoms. The number of furan rings is 1. The maximum atomic E-state index is 6.07.